The summed E-state index contributed by atoms with van der Waals surface area (Å²) in [5.74, 6) is 0.287. The second-order valence-corrected chi connectivity index (χ2v) is 10.6. The van der Waals surface area contributed by atoms with Gasteiger partial charge in [0.25, 0.3) is 0 Å². The van der Waals surface area contributed by atoms with E-state index in [0.717, 1.165) is 4.47 Å². The molecule has 0 aliphatic carbocycles. The van der Waals surface area contributed by atoms with Crippen molar-refractivity contribution in [1.29, 1.82) is 0 Å². The van der Waals surface area contributed by atoms with Gasteiger partial charge >= 0.3 is 0 Å². The van der Waals surface area contributed by atoms with Crippen LogP contribution in [0.5, 0.6) is 0 Å². The molecule has 10 heteroatoms. The molecule has 25 heavy (non-hydrogen) atoms. The minimum absolute atomic E-state index is 0.0285. The highest BCUT2D eigenvalue weighted by Gasteiger charge is 2.47. The van der Waals surface area contributed by atoms with Gasteiger partial charge in [0.1, 0.15) is 0 Å². The fourth-order valence-electron chi connectivity index (χ4n) is 2.85. The smallest absolute Gasteiger partial charge is 0.232 e. The zero-order valence-corrected chi connectivity index (χ0v) is 17.6. The molecular formula is C15H17BrClN3O3S2. The molecule has 6 nitrogen and oxygen atoms in total. The number of anilines is 1. The van der Waals surface area contributed by atoms with Crippen LogP contribution in [-0.2, 0) is 14.6 Å². The minimum atomic E-state index is -3.12. The second kappa shape index (κ2) is 7.09. The highest BCUT2D eigenvalue weighted by Crippen LogP contribution is 2.39. The topological polar surface area (TPSA) is 70.0 Å². The third-order valence-corrected chi connectivity index (χ3v) is 7.55. The average molecular weight is 467 g/mol. The summed E-state index contributed by atoms with van der Waals surface area (Å²) in [5, 5.41) is 1.15. The van der Waals surface area contributed by atoms with Crippen LogP contribution in [0.15, 0.2) is 27.7 Å². The molecule has 2 aliphatic rings. The number of sulfone groups is 1. The molecule has 0 spiro atoms. The fourth-order valence-corrected chi connectivity index (χ4v) is 6.55. The van der Waals surface area contributed by atoms with E-state index in [2.05, 4.69) is 20.9 Å². The van der Waals surface area contributed by atoms with Gasteiger partial charge in [0, 0.05) is 18.6 Å². The Morgan fingerprint density at radius 2 is 2.16 bits per heavy atom. The number of nitrogens with zero attached hydrogens (tertiary/aromatic N) is 3. The largest absolute Gasteiger partial charge is 0.348 e. The summed E-state index contributed by atoms with van der Waals surface area (Å²) in [6, 6.07) is 4.86. The molecule has 0 saturated carbocycles. The Morgan fingerprint density at radius 3 is 2.80 bits per heavy atom. The number of carbonyl (C=O) groups excluding carboxylic acids is 1. The summed E-state index contributed by atoms with van der Waals surface area (Å²) < 4.78 is 24.9. The first-order chi connectivity index (χ1) is 11.7. The van der Waals surface area contributed by atoms with Gasteiger partial charge in [-0.15, -0.1) is 0 Å². The number of aliphatic imine (C=N–C) groups is 1. The van der Waals surface area contributed by atoms with Crippen molar-refractivity contribution in [3.05, 3.63) is 27.7 Å². The normalized spacial score (nSPS) is 24.2. The highest BCUT2D eigenvalue weighted by molar-refractivity contribution is 9.10. The van der Waals surface area contributed by atoms with Crippen LogP contribution in [0.1, 0.15) is 0 Å². The average Bonchev–Trinajstić information content (AvgIpc) is 2.96. The lowest BCUT2D eigenvalue weighted by Crippen LogP contribution is -2.39. The molecule has 0 N–H and O–H groups in total. The van der Waals surface area contributed by atoms with Gasteiger partial charge < -0.3 is 9.80 Å². The van der Waals surface area contributed by atoms with E-state index in [-0.39, 0.29) is 35.2 Å². The Bertz CT molecular complexity index is 844. The second-order valence-electron chi connectivity index (χ2n) is 6.17. The first-order valence-electron chi connectivity index (χ1n) is 7.53. The van der Waals surface area contributed by atoms with Gasteiger partial charge in [-0.3, -0.25) is 9.79 Å². The molecule has 1 fully saturated rings. The van der Waals surface area contributed by atoms with Crippen molar-refractivity contribution in [1.82, 2.24) is 4.90 Å². The van der Waals surface area contributed by atoms with Crippen LogP contribution in [0.2, 0.25) is 5.02 Å². The minimum Gasteiger partial charge on any atom is -0.348 e. The predicted molar refractivity (Wildman–Crippen MR) is 106 cm³/mol. The number of amides is 1. The number of fused-ring (bicyclic) bond motifs is 1. The van der Waals surface area contributed by atoms with Gasteiger partial charge in [-0.1, -0.05) is 39.3 Å². The Labute approximate surface area is 164 Å². The van der Waals surface area contributed by atoms with E-state index < -0.39 is 9.84 Å². The standard InChI is InChI=1S/C15H17BrClN3O3S2/c1-19(2)14(21)6-24-15-18-11-7-25(22,23)8-13(11)20(15)12-4-3-9(16)5-10(12)17/h3-5,11,13H,6-8H2,1-2H3/t11-,13+/m1/s1. The van der Waals surface area contributed by atoms with Crippen molar-refractivity contribution < 1.29 is 13.2 Å². The van der Waals surface area contributed by atoms with E-state index in [0.29, 0.717) is 15.9 Å². The van der Waals surface area contributed by atoms with Crippen LogP contribution >= 0.6 is 39.3 Å². The maximum atomic E-state index is 12.0. The van der Waals surface area contributed by atoms with E-state index in [9.17, 15) is 13.2 Å². The lowest BCUT2D eigenvalue weighted by Gasteiger charge is -2.27. The van der Waals surface area contributed by atoms with Crippen LogP contribution in [-0.4, -0.2) is 67.8 Å². The van der Waals surface area contributed by atoms with Gasteiger partial charge in [0.05, 0.1) is 40.1 Å². The number of amidine groups is 1. The molecule has 1 aromatic carbocycles. The van der Waals surface area contributed by atoms with Gasteiger partial charge in [-0.05, 0) is 18.2 Å². The molecule has 1 amide bonds. The Hall–Kier alpha value is -0.770. The van der Waals surface area contributed by atoms with Crippen LogP contribution in [0.25, 0.3) is 0 Å². The molecule has 0 aromatic heterocycles. The molecule has 3 rings (SSSR count). The number of thioether (sulfide) groups is 1. The van der Waals surface area contributed by atoms with Crippen LogP contribution in [0.4, 0.5) is 5.69 Å². The van der Waals surface area contributed by atoms with E-state index >= 15 is 0 Å². The maximum Gasteiger partial charge on any atom is 0.232 e. The summed E-state index contributed by atoms with van der Waals surface area (Å²) in [6.45, 7) is 0. The van der Waals surface area contributed by atoms with Crippen molar-refractivity contribution in [3.63, 3.8) is 0 Å². The van der Waals surface area contributed by atoms with Crippen LogP contribution in [0.3, 0.4) is 0 Å². The first kappa shape index (κ1) is 19.0. The molecule has 2 heterocycles. The van der Waals surface area contributed by atoms with Crippen molar-refractivity contribution in [2.24, 2.45) is 4.99 Å². The fraction of sp³-hybridized carbons (Fsp3) is 0.467. The Balaban J connectivity index is 1.93. The summed E-state index contributed by atoms with van der Waals surface area (Å²) in [4.78, 5) is 19.9. The molecule has 1 saturated heterocycles. The number of carbonyl (C=O) groups is 1. The quantitative estimate of drug-likeness (QED) is 0.683. The van der Waals surface area contributed by atoms with Gasteiger partial charge in [0.2, 0.25) is 5.91 Å². The maximum absolute atomic E-state index is 12.0. The molecule has 1 aromatic rings. The Morgan fingerprint density at radius 1 is 1.44 bits per heavy atom. The van der Waals surface area contributed by atoms with E-state index in [1.54, 1.807) is 20.2 Å². The van der Waals surface area contributed by atoms with Gasteiger partial charge in [-0.2, -0.15) is 0 Å². The number of halogens is 2. The molecule has 2 aliphatic heterocycles. The van der Waals surface area contributed by atoms with E-state index in [1.807, 2.05) is 17.0 Å². The molecule has 0 radical (unpaired) electrons. The van der Waals surface area contributed by atoms with Crippen molar-refractivity contribution in [3.8, 4) is 0 Å². The van der Waals surface area contributed by atoms with Crippen molar-refractivity contribution in [2.75, 3.05) is 36.3 Å². The number of benzene rings is 1. The predicted octanol–water partition coefficient (Wildman–Crippen LogP) is 2.27. The highest BCUT2D eigenvalue weighted by atomic mass is 79.9. The van der Waals surface area contributed by atoms with Gasteiger partial charge in [0.15, 0.2) is 15.0 Å². The first-order valence-corrected chi connectivity index (χ1v) is 11.5. The lowest BCUT2D eigenvalue weighted by molar-refractivity contribution is -0.125. The molecule has 0 unspecified atom stereocenters. The Kier molecular flexibility index (Phi) is 5.39. The SMILES string of the molecule is CN(C)C(=O)CSC1=N[C@@H]2CS(=O)(=O)C[C@@H]2N1c1ccc(Br)cc1Cl. The number of rotatable bonds is 3. The number of hydrogen-bond donors (Lipinski definition) is 0. The third kappa shape index (κ3) is 3.99. The van der Waals surface area contributed by atoms with E-state index in [4.69, 9.17) is 11.6 Å². The monoisotopic (exact) mass is 465 g/mol. The van der Waals surface area contributed by atoms with Crippen molar-refractivity contribution >= 4 is 65.9 Å². The van der Waals surface area contributed by atoms with Crippen LogP contribution < -0.4 is 4.90 Å². The molecule has 2 atom stereocenters. The van der Waals surface area contributed by atoms with Gasteiger partial charge in [-0.25, -0.2) is 8.42 Å². The zero-order valence-electron chi connectivity index (χ0n) is 13.6. The molecular weight excluding hydrogens is 450 g/mol. The molecule has 0 bridgehead atoms. The summed E-state index contributed by atoms with van der Waals surface area (Å²) >= 11 is 11.1. The molecule has 136 valence electrons. The summed E-state index contributed by atoms with van der Waals surface area (Å²) in [5.41, 5.74) is 0.706. The summed E-state index contributed by atoms with van der Waals surface area (Å²) in [6.07, 6.45) is 0. The summed E-state index contributed by atoms with van der Waals surface area (Å²) in [7, 11) is 0.276. The number of hydrogen-bond acceptors (Lipinski definition) is 6. The van der Waals surface area contributed by atoms with E-state index in [1.165, 1.54) is 16.7 Å². The third-order valence-electron chi connectivity index (χ3n) is 4.10. The zero-order chi connectivity index (χ0) is 18.4. The lowest BCUT2D eigenvalue weighted by atomic mass is 10.1. The van der Waals surface area contributed by atoms with Crippen molar-refractivity contribution in [2.45, 2.75) is 12.1 Å². The van der Waals surface area contributed by atoms with Crippen LogP contribution in [0, 0.1) is 0 Å².